The summed E-state index contributed by atoms with van der Waals surface area (Å²) >= 11 is 5.28. The maximum Gasteiger partial charge on any atom is 0.338 e. The second-order valence-corrected chi connectivity index (χ2v) is 7.93. The standard InChI is InChI=1S/C24H24N4O6S/c1-3-31-23(30)21-14(2)26-24(35)27-22(21)16-6-4-5-7-17(16)32-12-20(29)28-25-11-15-8-9-18-19(10-15)34-13-33-18/h4-11,22H,3,12-13H2,1-2H3,(H,28,29)(H2,26,27,35)/t22-/m0/s1. The van der Waals surface area contributed by atoms with Crippen molar-refractivity contribution in [1.29, 1.82) is 0 Å². The third-order valence-electron chi connectivity index (χ3n) is 5.15. The van der Waals surface area contributed by atoms with E-state index >= 15 is 0 Å². The monoisotopic (exact) mass is 496 g/mol. The summed E-state index contributed by atoms with van der Waals surface area (Å²) in [5, 5.41) is 10.4. The molecule has 182 valence electrons. The third kappa shape index (κ3) is 5.69. The molecule has 0 fully saturated rings. The number of rotatable bonds is 8. The Labute approximate surface area is 207 Å². The lowest BCUT2D eigenvalue weighted by atomic mass is 9.95. The van der Waals surface area contributed by atoms with Crippen molar-refractivity contribution in [2.45, 2.75) is 19.9 Å². The number of carbonyl (C=O) groups excluding carboxylic acids is 2. The molecule has 0 unspecified atom stereocenters. The number of carbonyl (C=O) groups is 2. The Morgan fingerprint density at radius 1 is 1.23 bits per heavy atom. The summed E-state index contributed by atoms with van der Waals surface area (Å²) in [5.41, 5.74) is 4.77. The number of esters is 1. The number of ether oxygens (including phenoxy) is 4. The number of hydrogen-bond acceptors (Lipinski definition) is 8. The van der Waals surface area contributed by atoms with E-state index in [2.05, 4.69) is 21.2 Å². The smallest absolute Gasteiger partial charge is 0.338 e. The van der Waals surface area contributed by atoms with Crippen LogP contribution in [0.3, 0.4) is 0 Å². The number of fused-ring (bicyclic) bond motifs is 1. The van der Waals surface area contributed by atoms with E-state index in [4.69, 9.17) is 31.2 Å². The molecular formula is C24H24N4O6S. The second-order valence-electron chi connectivity index (χ2n) is 7.52. The number of para-hydroxylation sites is 1. The van der Waals surface area contributed by atoms with Crippen LogP contribution in [-0.2, 0) is 14.3 Å². The Kier molecular flexibility index (Phi) is 7.46. The van der Waals surface area contributed by atoms with Gasteiger partial charge in [0, 0.05) is 11.3 Å². The average molecular weight is 497 g/mol. The van der Waals surface area contributed by atoms with Crippen LogP contribution in [0, 0.1) is 0 Å². The van der Waals surface area contributed by atoms with Gasteiger partial charge in [0.2, 0.25) is 6.79 Å². The number of hydrogen-bond donors (Lipinski definition) is 3. The van der Waals surface area contributed by atoms with Crippen LogP contribution >= 0.6 is 12.2 Å². The van der Waals surface area contributed by atoms with Crippen LogP contribution in [0.2, 0.25) is 0 Å². The van der Waals surface area contributed by atoms with Crippen molar-refractivity contribution in [3.8, 4) is 17.2 Å². The number of allylic oxidation sites excluding steroid dienone is 1. The van der Waals surface area contributed by atoms with Gasteiger partial charge in [-0.1, -0.05) is 18.2 Å². The summed E-state index contributed by atoms with van der Waals surface area (Å²) in [6.07, 6.45) is 1.49. The number of hydrazone groups is 1. The molecule has 0 saturated carbocycles. The highest BCUT2D eigenvalue weighted by molar-refractivity contribution is 7.80. The topological polar surface area (TPSA) is 120 Å². The molecule has 0 saturated heterocycles. The van der Waals surface area contributed by atoms with Crippen LogP contribution in [0.4, 0.5) is 0 Å². The number of thiocarbonyl (C=S) groups is 1. The number of benzene rings is 2. The first-order valence-corrected chi connectivity index (χ1v) is 11.3. The van der Waals surface area contributed by atoms with Crippen LogP contribution in [0.15, 0.2) is 58.8 Å². The van der Waals surface area contributed by atoms with Gasteiger partial charge in [0.15, 0.2) is 23.2 Å². The van der Waals surface area contributed by atoms with Gasteiger partial charge in [0.1, 0.15) is 5.75 Å². The molecule has 0 aromatic heterocycles. The van der Waals surface area contributed by atoms with E-state index in [1.807, 2.05) is 6.07 Å². The zero-order valence-electron chi connectivity index (χ0n) is 19.1. The van der Waals surface area contributed by atoms with E-state index < -0.39 is 17.9 Å². The lowest BCUT2D eigenvalue weighted by molar-refractivity contribution is -0.139. The van der Waals surface area contributed by atoms with Gasteiger partial charge < -0.3 is 29.6 Å². The quantitative estimate of drug-likeness (QED) is 0.219. The van der Waals surface area contributed by atoms with Crippen molar-refractivity contribution in [3.63, 3.8) is 0 Å². The molecule has 2 aliphatic rings. The molecule has 2 aromatic rings. The molecular weight excluding hydrogens is 472 g/mol. The zero-order chi connectivity index (χ0) is 24.8. The lowest BCUT2D eigenvalue weighted by Crippen LogP contribution is -2.45. The van der Waals surface area contributed by atoms with Crippen molar-refractivity contribution < 1.29 is 28.5 Å². The number of amides is 1. The molecule has 11 heteroatoms. The molecule has 2 aliphatic heterocycles. The highest BCUT2D eigenvalue weighted by Crippen LogP contribution is 2.34. The summed E-state index contributed by atoms with van der Waals surface area (Å²) < 4.78 is 21.6. The second kappa shape index (κ2) is 10.9. The first-order valence-electron chi connectivity index (χ1n) is 10.8. The van der Waals surface area contributed by atoms with Crippen molar-refractivity contribution in [3.05, 3.63) is 64.9 Å². The highest BCUT2D eigenvalue weighted by Gasteiger charge is 2.32. The predicted molar refractivity (Wildman–Crippen MR) is 131 cm³/mol. The maximum absolute atomic E-state index is 12.6. The molecule has 0 spiro atoms. The summed E-state index contributed by atoms with van der Waals surface area (Å²) in [4.78, 5) is 25.0. The molecule has 1 atom stereocenters. The lowest BCUT2D eigenvalue weighted by Gasteiger charge is -2.30. The minimum absolute atomic E-state index is 0.181. The minimum atomic E-state index is -0.605. The van der Waals surface area contributed by atoms with Crippen LogP contribution in [0.1, 0.15) is 31.0 Å². The highest BCUT2D eigenvalue weighted by atomic mass is 32.1. The van der Waals surface area contributed by atoms with E-state index in [-0.39, 0.29) is 20.0 Å². The summed E-state index contributed by atoms with van der Waals surface area (Å²) in [5.74, 6) is 0.779. The Morgan fingerprint density at radius 3 is 2.86 bits per heavy atom. The van der Waals surface area contributed by atoms with Crippen LogP contribution in [0.5, 0.6) is 17.2 Å². The first-order chi connectivity index (χ1) is 17.0. The van der Waals surface area contributed by atoms with Gasteiger partial charge in [-0.05, 0) is 55.9 Å². The van der Waals surface area contributed by atoms with Gasteiger partial charge in [0.05, 0.1) is 24.4 Å². The van der Waals surface area contributed by atoms with Crippen molar-refractivity contribution in [1.82, 2.24) is 16.1 Å². The Balaban J connectivity index is 1.42. The third-order valence-corrected chi connectivity index (χ3v) is 5.37. The van der Waals surface area contributed by atoms with Gasteiger partial charge in [0.25, 0.3) is 5.91 Å². The summed E-state index contributed by atoms with van der Waals surface area (Å²) in [7, 11) is 0. The van der Waals surface area contributed by atoms with Gasteiger partial charge in [-0.3, -0.25) is 4.79 Å². The molecule has 1 amide bonds. The molecule has 35 heavy (non-hydrogen) atoms. The minimum Gasteiger partial charge on any atom is -0.483 e. The SMILES string of the molecule is CCOC(=O)C1=C(C)NC(=S)N[C@H]1c1ccccc1OCC(=O)NN=Cc1ccc2c(c1)OCO2. The molecule has 0 bridgehead atoms. The van der Waals surface area contributed by atoms with Gasteiger partial charge in [-0.25, -0.2) is 10.2 Å². The summed E-state index contributed by atoms with van der Waals surface area (Å²) in [6.45, 7) is 3.62. The molecule has 4 rings (SSSR count). The van der Waals surface area contributed by atoms with Crippen molar-refractivity contribution >= 4 is 35.4 Å². The average Bonchev–Trinajstić information content (AvgIpc) is 3.30. The van der Waals surface area contributed by atoms with Crippen LogP contribution < -0.4 is 30.3 Å². The van der Waals surface area contributed by atoms with Crippen LogP contribution in [0.25, 0.3) is 0 Å². The Bertz CT molecular complexity index is 1210. The number of nitrogens with one attached hydrogen (secondary N) is 3. The zero-order valence-corrected chi connectivity index (χ0v) is 19.9. The van der Waals surface area contributed by atoms with E-state index in [1.165, 1.54) is 6.21 Å². The molecule has 2 heterocycles. The van der Waals surface area contributed by atoms with Gasteiger partial charge in [-0.2, -0.15) is 5.10 Å². The molecule has 3 N–H and O–H groups in total. The van der Waals surface area contributed by atoms with E-state index in [9.17, 15) is 9.59 Å². The first kappa shape index (κ1) is 24.0. The fraction of sp³-hybridized carbons (Fsp3) is 0.250. The van der Waals surface area contributed by atoms with Crippen molar-refractivity contribution in [2.75, 3.05) is 20.0 Å². The fourth-order valence-electron chi connectivity index (χ4n) is 3.60. The summed E-state index contributed by atoms with van der Waals surface area (Å²) in [6, 6.07) is 11.8. The molecule has 0 aliphatic carbocycles. The van der Waals surface area contributed by atoms with E-state index in [1.54, 1.807) is 50.2 Å². The Morgan fingerprint density at radius 2 is 2.03 bits per heavy atom. The molecule has 2 aromatic carbocycles. The fourth-order valence-corrected chi connectivity index (χ4v) is 3.88. The molecule has 10 nitrogen and oxygen atoms in total. The van der Waals surface area contributed by atoms with E-state index in [0.29, 0.717) is 39.2 Å². The van der Waals surface area contributed by atoms with E-state index in [0.717, 1.165) is 5.56 Å². The maximum atomic E-state index is 12.6. The number of nitrogens with zero attached hydrogens (tertiary/aromatic N) is 1. The molecule has 0 radical (unpaired) electrons. The largest absolute Gasteiger partial charge is 0.483 e. The van der Waals surface area contributed by atoms with Gasteiger partial charge >= 0.3 is 5.97 Å². The normalized spacial score (nSPS) is 16.5. The van der Waals surface area contributed by atoms with Crippen LogP contribution in [-0.4, -0.2) is 43.2 Å². The van der Waals surface area contributed by atoms with Gasteiger partial charge in [-0.15, -0.1) is 0 Å². The Hall–Kier alpha value is -4.12. The predicted octanol–water partition coefficient (Wildman–Crippen LogP) is 2.30. The van der Waals surface area contributed by atoms with Crippen molar-refractivity contribution in [2.24, 2.45) is 5.10 Å².